The first-order valence-corrected chi connectivity index (χ1v) is 11.9. The van der Waals surface area contributed by atoms with Crippen molar-refractivity contribution in [2.75, 3.05) is 29.9 Å². The van der Waals surface area contributed by atoms with Crippen LogP contribution in [0.15, 0.2) is 11.6 Å². The number of rotatable bonds is 7. The van der Waals surface area contributed by atoms with E-state index in [-0.39, 0.29) is 24.4 Å². The van der Waals surface area contributed by atoms with Crippen LogP contribution in [0.2, 0.25) is 0 Å². The fourth-order valence-corrected chi connectivity index (χ4v) is 4.85. The van der Waals surface area contributed by atoms with Crippen LogP contribution in [0.5, 0.6) is 0 Å². The van der Waals surface area contributed by atoms with Gasteiger partial charge in [0.2, 0.25) is 11.8 Å². The van der Waals surface area contributed by atoms with Crippen LogP contribution in [0.1, 0.15) is 62.7 Å². The summed E-state index contributed by atoms with van der Waals surface area (Å²) in [4.78, 5) is 43.0. The van der Waals surface area contributed by atoms with Gasteiger partial charge in [0.05, 0.1) is 12.6 Å². The Morgan fingerprint density at radius 3 is 2.90 bits per heavy atom. The Morgan fingerprint density at radius 2 is 2.16 bits per heavy atom. The molecule has 2 amide bonds. The van der Waals surface area contributed by atoms with Crippen LogP contribution in [0.25, 0.3) is 0 Å². The highest BCUT2D eigenvalue weighted by atomic mass is 32.1. The standard InChI is InChI=1S/C22H30N6O2S/c1-14(2)8-11-28-19(30)7-6-16-15(3)24-20(26-21(16)28)17-5-4-10-27(17)13-18(29)25-22-23-9-12-31-22/h9,12,14,17H,4-8,10-11,13H2,1-3H3,(H,23,25,29). The summed E-state index contributed by atoms with van der Waals surface area (Å²) in [5.74, 6) is 2.08. The summed E-state index contributed by atoms with van der Waals surface area (Å²) in [6.45, 7) is 8.13. The molecule has 1 fully saturated rings. The van der Waals surface area contributed by atoms with Crippen molar-refractivity contribution < 1.29 is 9.59 Å². The van der Waals surface area contributed by atoms with Crippen LogP contribution in [-0.2, 0) is 16.0 Å². The van der Waals surface area contributed by atoms with Crippen molar-refractivity contribution in [3.05, 3.63) is 28.7 Å². The van der Waals surface area contributed by atoms with Gasteiger partial charge in [0.15, 0.2) is 5.13 Å². The molecule has 8 nitrogen and oxygen atoms in total. The molecule has 9 heteroatoms. The lowest BCUT2D eigenvalue weighted by atomic mass is 10.0. The predicted octanol–water partition coefficient (Wildman–Crippen LogP) is 3.34. The SMILES string of the molecule is Cc1nc(C2CCCN2CC(=O)Nc2nccs2)nc2c1CCC(=O)N2CCC(C)C. The third-order valence-corrected chi connectivity index (χ3v) is 6.66. The lowest BCUT2D eigenvalue weighted by Crippen LogP contribution is -2.39. The van der Waals surface area contributed by atoms with Crippen LogP contribution in [-0.4, -0.2) is 51.3 Å². The normalized spacial score (nSPS) is 19.2. The van der Waals surface area contributed by atoms with Crippen molar-refractivity contribution >= 4 is 34.1 Å². The van der Waals surface area contributed by atoms with Gasteiger partial charge in [0.1, 0.15) is 11.6 Å². The van der Waals surface area contributed by atoms with Gasteiger partial charge >= 0.3 is 0 Å². The van der Waals surface area contributed by atoms with E-state index in [9.17, 15) is 9.59 Å². The molecule has 4 heterocycles. The summed E-state index contributed by atoms with van der Waals surface area (Å²) in [6.07, 6.45) is 5.72. The molecule has 4 rings (SSSR count). The predicted molar refractivity (Wildman–Crippen MR) is 121 cm³/mol. The highest BCUT2D eigenvalue weighted by Crippen LogP contribution is 2.34. The molecule has 0 saturated carbocycles. The molecule has 0 aliphatic carbocycles. The summed E-state index contributed by atoms with van der Waals surface area (Å²) in [7, 11) is 0. The molecule has 2 aliphatic rings. The Morgan fingerprint density at radius 1 is 1.32 bits per heavy atom. The Labute approximate surface area is 187 Å². The number of hydrogen-bond acceptors (Lipinski definition) is 7. The van der Waals surface area contributed by atoms with Crippen molar-refractivity contribution in [2.24, 2.45) is 5.92 Å². The Bertz CT molecular complexity index is 946. The van der Waals surface area contributed by atoms with E-state index in [1.165, 1.54) is 11.3 Å². The number of carbonyl (C=O) groups is 2. The van der Waals surface area contributed by atoms with Gasteiger partial charge in [-0.15, -0.1) is 11.3 Å². The molecule has 1 N–H and O–H groups in total. The van der Waals surface area contributed by atoms with E-state index >= 15 is 0 Å². The first-order chi connectivity index (χ1) is 14.9. The third-order valence-electron chi connectivity index (χ3n) is 5.97. The zero-order valence-electron chi connectivity index (χ0n) is 18.4. The van der Waals surface area contributed by atoms with E-state index in [0.29, 0.717) is 30.4 Å². The van der Waals surface area contributed by atoms with E-state index in [1.54, 1.807) is 6.20 Å². The lowest BCUT2D eigenvalue weighted by Gasteiger charge is -2.31. The van der Waals surface area contributed by atoms with Crippen molar-refractivity contribution in [2.45, 2.75) is 58.9 Å². The summed E-state index contributed by atoms with van der Waals surface area (Å²) < 4.78 is 0. The van der Waals surface area contributed by atoms with Crippen molar-refractivity contribution in [1.82, 2.24) is 19.9 Å². The van der Waals surface area contributed by atoms with Crippen molar-refractivity contribution in [1.29, 1.82) is 0 Å². The van der Waals surface area contributed by atoms with Gasteiger partial charge < -0.3 is 5.32 Å². The molecule has 0 bridgehead atoms. The zero-order valence-corrected chi connectivity index (χ0v) is 19.2. The maximum atomic E-state index is 12.7. The number of hydrogen-bond donors (Lipinski definition) is 1. The number of anilines is 2. The summed E-state index contributed by atoms with van der Waals surface area (Å²) in [5, 5.41) is 5.30. The minimum atomic E-state index is -0.0785. The molecule has 2 aromatic rings. The quantitative estimate of drug-likeness (QED) is 0.707. The summed E-state index contributed by atoms with van der Waals surface area (Å²) in [6, 6.07) is -0.0185. The van der Waals surface area contributed by atoms with Gasteiger partial charge in [0.25, 0.3) is 0 Å². The fraction of sp³-hybridized carbons (Fsp3) is 0.591. The number of thiazole rings is 1. The molecule has 0 spiro atoms. The molecule has 1 saturated heterocycles. The number of aryl methyl sites for hydroxylation is 1. The number of fused-ring (bicyclic) bond motifs is 1. The Hall–Kier alpha value is -2.39. The molecule has 1 atom stereocenters. The average Bonchev–Trinajstić information content (AvgIpc) is 3.39. The summed E-state index contributed by atoms with van der Waals surface area (Å²) >= 11 is 1.41. The fourth-order valence-electron chi connectivity index (χ4n) is 4.31. The van der Waals surface area contributed by atoms with Gasteiger partial charge in [-0.3, -0.25) is 19.4 Å². The van der Waals surface area contributed by atoms with Crippen LogP contribution < -0.4 is 10.2 Å². The highest BCUT2D eigenvalue weighted by molar-refractivity contribution is 7.13. The molecule has 2 aromatic heterocycles. The minimum absolute atomic E-state index is 0.0185. The Kier molecular flexibility index (Phi) is 6.62. The van der Waals surface area contributed by atoms with Gasteiger partial charge in [-0.05, 0) is 45.1 Å². The van der Waals surface area contributed by atoms with Crippen LogP contribution in [0.4, 0.5) is 10.9 Å². The number of likely N-dealkylation sites (tertiary alicyclic amines) is 1. The largest absolute Gasteiger partial charge is 0.301 e. The van der Waals surface area contributed by atoms with Gasteiger partial charge in [-0.2, -0.15) is 0 Å². The molecule has 2 aliphatic heterocycles. The zero-order chi connectivity index (χ0) is 22.0. The molecule has 0 radical (unpaired) electrons. The smallest absolute Gasteiger partial charge is 0.240 e. The number of nitrogens with one attached hydrogen (secondary N) is 1. The van der Waals surface area contributed by atoms with E-state index in [0.717, 1.165) is 48.7 Å². The first-order valence-electron chi connectivity index (χ1n) is 11.0. The van der Waals surface area contributed by atoms with Gasteiger partial charge in [-0.25, -0.2) is 15.0 Å². The molecular weight excluding hydrogens is 412 g/mol. The number of amides is 2. The van der Waals surface area contributed by atoms with E-state index in [2.05, 4.69) is 29.0 Å². The second-order valence-corrected chi connectivity index (χ2v) is 9.61. The Balaban J connectivity index is 1.55. The van der Waals surface area contributed by atoms with Crippen LogP contribution in [0, 0.1) is 12.8 Å². The van der Waals surface area contributed by atoms with E-state index in [4.69, 9.17) is 9.97 Å². The third kappa shape index (κ3) is 4.93. The average molecular weight is 443 g/mol. The molecule has 166 valence electrons. The maximum absolute atomic E-state index is 12.7. The summed E-state index contributed by atoms with van der Waals surface area (Å²) in [5.41, 5.74) is 2.03. The number of aromatic nitrogens is 3. The molecule has 1 unspecified atom stereocenters. The monoisotopic (exact) mass is 442 g/mol. The molecule has 31 heavy (non-hydrogen) atoms. The number of nitrogens with zero attached hydrogens (tertiary/aromatic N) is 5. The van der Waals surface area contributed by atoms with Crippen LogP contribution >= 0.6 is 11.3 Å². The first kappa shape index (κ1) is 21.8. The molecular formula is C22H30N6O2S. The maximum Gasteiger partial charge on any atom is 0.240 e. The van der Waals surface area contributed by atoms with Crippen LogP contribution in [0.3, 0.4) is 0 Å². The molecule has 0 aromatic carbocycles. The lowest BCUT2D eigenvalue weighted by molar-refractivity contribution is -0.119. The second kappa shape index (κ2) is 9.40. The van der Waals surface area contributed by atoms with E-state index in [1.807, 2.05) is 17.2 Å². The van der Waals surface area contributed by atoms with Crippen molar-refractivity contribution in [3.63, 3.8) is 0 Å². The number of carbonyl (C=O) groups excluding carboxylic acids is 2. The topological polar surface area (TPSA) is 91.3 Å². The van der Waals surface area contributed by atoms with Gasteiger partial charge in [0, 0.05) is 35.8 Å². The minimum Gasteiger partial charge on any atom is -0.301 e. The van der Waals surface area contributed by atoms with Crippen molar-refractivity contribution in [3.8, 4) is 0 Å². The second-order valence-electron chi connectivity index (χ2n) is 8.71. The highest BCUT2D eigenvalue weighted by Gasteiger charge is 2.33. The van der Waals surface area contributed by atoms with Gasteiger partial charge in [-0.1, -0.05) is 13.8 Å². The van der Waals surface area contributed by atoms with E-state index < -0.39 is 0 Å².